The van der Waals surface area contributed by atoms with Gasteiger partial charge < -0.3 is 10.1 Å². The van der Waals surface area contributed by atoms with Crippen LogP contribution in [0.15, 0.2) is 24.3 Å². The number of esters is 1. The molecule has 1 aliphatic rings. The first-order valence-electron chi connectivity index (χ1n) is 7.64. The van der Waals surface area contributed by atoms with Crippen molar-refractivity contribution >= 4 is 11.7 Å². The highest BCUT2D eigenvalue weighted by Crippen LogP contribution is 2.31. The summed E-state index contributed by atoms with van der Waals surface area (Å²) in [6.07, 6.45) is 3.72. The molecule has 2 rings (SSSR count). The molecule has 3 nitrogen and oxygen atoms in total. The van der Waals surface area contributed by atoms with Crippen LogP contribution in [0.2, 0.25) is 0 Å². The van der Waals surface area contributed by atoms with Crippen molar-refractivity contribution in [2.24, 2.45) is 11.8 Å². The van der Waals surface area contributed by atoms with Gasteiger partial charge in [0.15, 0.2) is 0 Å². The highest BCUT2D eigenvalue weighted by Gasteiger charge is 2.26. The van der Waals surface area contributed by atoms with Crippen molar-refractivity contribution in [3.8, 4) is 0 Å². The molecule has 0 aromatic heterocycles. The number of hydrogen-bond acceptors (Lipinski definition) is 3. The zero-order valence-corrected chi connectivity index (χ0v) is 12.7. The molecule has 1 aliphatic carbocycles. The zero-order chi connectivity index (χ0) is 14.5. The lowest BCUT2D eigenvalue weighted by Gasteiger charge is -2.34. The maximum atomic E-state index is 12.0. The number of carbonyl (C=O) groups is 1. The first-order chi connectivity index (χ1) is 9.61. The van der Waals surface area contributed by atoms with Crippen molar-refractivity contribution in [3.63, 3.8) is 0 Å². The molecule has 1 aromatic carbocycles. The van der Waals surface area contributed by atoms with Gasteiger partial charge in [-0.15, -0.1) is 0 Å². The molecule has 1 fully saturated rings. The second kappa shape index (κ2) is 6.78. The van der Waals surface area contributed by atoms with Crippen LogP contribution in [0.25, 0.3) is 0 Å². The first kappa shape index (κ1) is 14.9. The predicted octanol–water partition coefficient (Wildman–Crippen LogP) is 4.10. The van der Waals surface area contributed by atoms with Crippen molar-refractivity contribution in [3.05, 3.63) is 29.8 Å². The predicted molar refractivity (Wildman–Crippen MR) is 82.0 cm³/mol. The van der Waals surface area contributed by atoms with E-state index in [1.54, 1.807) is 0 Å². The molecule has 0 saturated heterocycles. The van der Waals surface area contributed by atoms with Gasteiger partial charge in [0, 0.05) is 11.7 Å². The van der Waals surface area contributed by atoms with Crippen LogP contribution in [0.3, 0.4) is 0 Å². The molecule has 0 spiro atoms. The van der Waals surface area contributed by atoms with Crippen LogP contribution < -0.4 is 5.32 Å². The van der Waals surface area contributed by atoms with Gasteiger partial charge in [0.1, 0.15) is 0 Å². The van der Waals surface area contributed by atoms with Gasteiger partial charge in [-0.25, -0.2) is 4.79 Å². The van der Waals surface area contributed by atoms with Crippen LogP contribution in [0, 0.1) is 11.8 Å². The third-order valence-corrected chi connectivity index (χ3v) is 4.22. The van der Waals surface area contributed by atoms with Gasteiger partial charge in [0.25, 0.3) is 0 Å². The monoisotopic (exact) mass is 275 g/mol. The molecule has 0 aliphatic heterocycles. The Morgan fingerprint density at radius 1 is 1.30 bits per heavy atom. The highest BCUT2D eigenvalue weighted by molar-refractivity contribution is 5.95. The summed E-state index contributed by atoms with van der Waals surface area (Å²) in [5.74, 6) is 1.15. The Morgan fingerprint density at radius 3 is 2.80 bits per heavy atom. The van der Waals surface area contributed by atoms with Gasteiger partial charge in [-0.05, 0) is 43.7 Å². The summed E-state index contributed by atoms with van der Waals surface area (Å²) in [7, 11) is 0. The molecule has 20 heavy (non-hydrogen) atoms. The van der Waals surface area contributed by atoms with Crippen LogP contribution in [0.4, 0.5) is 5.69 Å². The van der Waals surface area contributed by atoms with E-state index in [9.17, 15) is 4.79 Å². The zero-order valence-electron chi connectivity index (χ0n) is 12.7. The van der Waals surface area contributed by atoms with E-state index >= 15 is 0 Å². The van der Waals surface area contributed by atoms with Crippen LogP contribution >= 0.6 is 0 Å². The van der Waals surface area contributed by atoms with Gasteiger partial charge >= 0.3 is 5.97 Å². The lowest BCUT2D eigenvalue weighted by molar-refractivity contribution is 0.0527. The molecule has 3 atom stereocenters. The van der Waals surface area contributed by atoms with Gasteiger partial charge in [-0.2, -0.15) is 0 Å². The lowest BCUT2D eigenvalue weighted by atomic mass is 9.80. The maximum absolute atomic E-state index is 12.0. The van der Waals surface area contributed by atoms with Crippen molar-refractivity contribution in [2.45, 2.75) is 46.1 Å². The fraction of sp³-hybridized carbons (Fsp3) is 0.588. The van der Waals surface area contributed by atoms with E-state index in [2.05, 4.69) is 19.2 Å². The summed E-state index contributed by atoms with van der Waals surface area (Å²) in [6, 6.07) is 8.08. The molecule has 0 heterocycles. The number of benzene rings is 1. The van der Waals surface area contributed by atoms with E-state index in [1.807, 2.05) is 31.2 Å². The summed E-state index contributed by atoms with van der Waals surface area (Å²) in [4.78, 5) is 12.0. The van der Waals surface area contributed by atoms with E-state index in [1.165, 1.54) is 19.3 Å². The van der Waals surface area contributed by atoms with Gasteiger partial charge in [-0.1, -0.05) is 32.4 Å². The number of ether oxygens (including phenoxy) is 1. The van der Waals surface area contributed by atoms with Crippen LogP contribution in [-0.4, -0.2) is 18.6 Å². The molecule has 3 unspecified atom stereocenters. The van der Waals surface area contributed by atoms with Gasteiger partial charge in [-0.3, -0.25) is 0 Å². The topological polar surface area (TPSA) is 38.3 Å². The molecule has 110 valence electrons. The molecule has 0 bridgehead atoms. The second-order valence-electron chi connectivity index (χ2n) is 5.91. The van der Waals surface area contributed by atoms with Crippen LogP contribution in [0.5, 0.6) is 0 Å². The fourth-order valence-corrected chi connectivity index (χ4v) is 2.93. The first-order valence-corrected chi connectivity index (χ1v) is 7.64. The van der Waals surface area contributed by atoms with E-state index < -0.39 is 0 Å². The molecule has 1 saturated carbocycles. The number of rotatable bonds is 4. The van der Waals surface area contributed by atoms with Crippen LogP contribution in [0.1, 0.15) is 50.4 Å². The molecule has 3 heteroatoms. The Bertz CT molecular complexity index is 458. The summed E-state index contributed by atoms with van der Waals surface area (Å²) < 4.78 is 5.13. The van der Waals surface area contributed by atoms with Crippen molar-refractivity contribution in [1.82, 2.24) is 0 Å². The Morgan fingerprint density at radius 2 is 2.05 bits per heavy atom. The Hall–Kier alpha value is -1.51. The average Bonchev–Trinajstić information content (AvgIpc) is 2.44. The van der Waals surface area contributed by atoms with E-state index in [0.717, 1.165) is 11.6 Å². The van der Waals surface area contributed by atoms with E-state index in [0.29, 0.717) is 24.1 Å². The third-order valence-electron chi connectivity index (χ3n) is 4.22. The van der Waals surface area contributed by atoms with Gasteiger partial charge in [0.05, 0.1) is 12.2 Å². The SMILES string of the molecule is CCOC(=O)c1ccccc1NC1CC(C)CCC1C. The summed E-state index contributed by atoms with van der Waals surface area (Å²) in [6.45, 7) is 6.83. The Balaban J connectivity index is 2.14. The Kier molecular flexibility index (Phi) is 5.05. The molecule has 1 N–H and O–H groups in total. The largest absolute Gasteiger partial charge is 0.462 e. The normalized spacial score (nSPS) is 26.1. The summed E-state index contributed by atoms with van der Waals surface area (Å²) in [5, 5.41) is 3.57. The Labute approximate surface area is 121 Å². The highest BCUT2D eigenvalue weighted by atomic mass is 16.5. The maximum Gasteiger partial charge on any atom is 0.340 e. The molecular weight excluding hydrogens is 250 g/mol. The van der Waals surface area contributed by atoms with E-state index in [4.69, 9.17) is 4.74 Å². The molecule has 0 radical (unpaired) electrons. The quantitative estimate of drug-likeness (QED) is 0.841. The smallest absolute Gasteiger partial charge is 0.340 e. The second-order valence-corrected chi connectivity index (χ2v) is 5.91. The van der Waals surface area contributed by atoms with Gasteiger partial charge in [0.2, 0.25) is 0 Å². The minimum absolute atomic E-state index is 0.243. The van der Waals surface area contributed by atoms with Crippen molar-refractivity contribution < 1.29 is 9.53 Å². The molecule has 0 amide bonds. The number of para-hydroxylation sites is 1. The fourth-order valence-electron chi connectivity index (χ4n) is 2.93. The number of anilines is 1. The van der Waals surface area contributed by atoms with Crippen LogP contribution in [-0.2, 0) is 4.74 Å². The van der Waals surface area contributed by atoms with Crippen molar-refractivity contribution in [2.75, 3.05) is 11.9 Å². The van der Waals surface area contributed by atoms with E-state index in [-0.39, 0.29) is 5.97 Å². The minimum atomic E-state index is -0.243. The average molecular weight is 275 g/mol. The van der Waals surface area contributed by atoms with Crippen molar-refractivity contribution in [1.29, 1.82) is 0 Å². The number of hydrogen-bond donors (Lipinski definition) is 1. The third kappa shape index (κ3) is 3.53. The molecule has 1 aromatic rings. The minimum Gasteiger partial charge on any atom is -0.462 e. The number of carbonyl (C=O) groups excluding carboxylic acids is 1. The summed E-state index contributed by atoms with van der Waals surface area (Å²) >= 11 is 0. The lowest BCUT2D eigenvalue weighted by Crippen LogP contribution is -2.34. The summed E-state index contributed by atoms with van der Waals surface area (Å²) in [5.41, 5.74) is 1.54. The standard InChI is InChI=1S/C17H25NO2/c1-4-20-17(19)14-7-5-6-8-15(14)18-16-11-12(2)9-10-13(16)3/h5-8,12-13,16,18H,4,9-11H2,1-3H3. The number of nitrogens with one attached hydrogen (secondary N) is 1. The molecular formula is C17H25NO2.